The van der Waals surface area contributed by atoms with Gasteiger partial charge in [0.1, 0.15) is 6.17 Å². The lowest BCUT2D eigenvalue weighted by Crippen LogP contribution is -2.36. The average molecular weight is 321 g/mol. The lowest BCUT2D eigenvalue weighted by Gasteiger charge is -2.42. The van der Waals surface area contributed by atoms with Gasteiger partial charge in [-0.15, -0.1) is 0 Å². The Hall–Kier alpha value is -0.330. The van der Waals surface area contributed by atoms with Crippen molar-refractivity contribution in [1.82, 2.24) is 0 Å². The molecule has 0 aromatic rings. The molecule has 132 valence electrons. The molecule has 0 aromatic carbocycles. The maximum absolute atomic E-state index is 14.9. The number of hydrogen-bond acceptors (Lipinski definition) is 0. The highest BCUT2D eigenvalue weighted by molar-refractivity contribution is 4.93. The van der Waals surface area contributed by atoms with E-state index in [9.17, 15) is 4.39 Å². The van der Waals surface area contributed by atoms with E-state index in [1.807, 2.05) is 0 Å². The van der Waals surface area contributed by atoms with Gasteiger partial charge in [0.15, 0.2) is 0 Å². The van der Waals surface area contributed by atoms with E-state index in [2.05, 4.69) is 26.0 Å². The summed E-state index contributed by atoms with van der Waals surface area (Å²) in [5.41, 5.74) is 0. The minimum atomic E-state index is -0.503. The molecule has 3 unspecified atom stereocenters. The van der Waals surface area contributed by atoms with Crippen molar-refractivity contribution in [3.63, 3.8) is 0 Å². The summed E-state index contributed by atoms with van der Waals surface area (Å²) in [5.74, 6) is 4.30. The zero-order valence-electron chi connectivity index (χ0n) is 15.4. The average Bonchev–Trinajstić information content (AvgIpc) is 2.57. The van der Waals surface area contributed by atoms with Crippen LogP contribution in [0.1, 0.15) is 84.5 Å². The highest BCUT2D eigenvalue weighted by atomic mass is 19.1. The summed E-state index contributed by atoms with van der Waals surface area (Å²) in [6.45, 7) is 4.51. The summed E-state index contributed by atoms with van der Waals surface area (Å²) >= 11 is 0. The number of halogens is 1. The molecule has 0 nitrogen and oxygen atoms in total. The standard InChI is InChI=1S/C22H37F/c1-3-4-17-7-11-19(12-8-17)21-14-13-20(15-22(21)23)18-9-5-16(2)6-10-18/h3-4,16-22H,5-15H2,1-2H3/b4-3+. The summed E-state index contributed by atoms with van der Waals surface area (Å²) in [6, 6.07) is 0. The van der Waals surface area contributed by atoms with Gasteiger partial charge in [0.05, 0.1) is 0 Å². The lowest BCUT2D eigenvalue weighted by molar-refractivity contribution is 0.0361. The van der Waals surface area contributed by atoms with Crippen molar-refractivity contribution in [2.45, 2.75) is 90.6 Å². The van der Waals surface area contributed by atoms with Crippen molar-refractivity contribution < 1.29 is 4.39 Å². The normalized spacial score (nSPS) is 46.1. The van der Waals surface area contributed by atoms with Gasteiger partial charge in [-0.05, 0) is 100 Å². The second-order valence-electron chi connectivity index (χ2n) is 8.97. The molecule has 0 aromatic heterocycles. The topological polar surface area (TPSA) is 0 Å². The van der Waals surface area contributed by atoms with Crippen molar-refractivity contribution in [2.24, 2.45) is 35.5 Å². The van der Waals surface area contributed by atoms with Gasteiger partial charge in [0.25, 0.3) is 0 Å². The Balaban J connectivity index is 1.47. The maximum Gasteiger partial charge on any atom is 0.103 e. The molecular weight excluding hydrogens is 283 g/mol. The first-order valence-electron chi connectivity index (χ1n) is 10.4. The fourth-order valence-electron chi connectivity index (χ4n) is 5.92. The van der Waals surface area contributed by atoms with E-state index in [4.69, 9.17) is 0 Å². The Morgan fingerprint density at radius 3 is 1.96 bits per heavy atom. The Morgan fingerprint density at radius 1 is 0.739 bits per heavy atom. The molecule has 1 heteroatoms. The number of alkyl halides is 1. The van der Waals surface area contributed by atoms with Gasteiger partial charge in [-0.2, -0.15) is 0 Å². The van der Waals surface area contributed by atoms with Crippen molar-refractivity contribution in [3.05, 3.63) is 12.2 Å². The molecule has 3 aliphatic rings. The summed E-state index contributed by atoms with van der Waals surface area (Å²) in [6.07, 6.45) is 18.1. The van der Waals surface area contributed by atoms with Gasteiger partial charge < -0.3 is 0 Å². The SMILES string of the molecule is C/C=C/C1CCC(C2CCC(C3CCC(C)CC3)CC2F)CC1. The first-order chi connectivity index (χ1) is 11.2. The minimum Gasteiger partial charge on any atom is -0.247 e. The van der Waals surface area contributed by atoms with E-state index >= 15 is 0 Å². The Kier molecular flexibility index (Phi) is 6.21. The van der Waals surface area contributed by atoms with Crippen molar-refractivity contribution in [1.29, 1.82) is 0 Å². The molecule has 0 aliphatic heterocycles. The van der Waals surface area contributed by atoms with Crippen LogP contribution in [0.3, 0.4) is 0 Å². The molecular formula is C22H37F. The fourth-order valence-corrected chi connectivity index (χ4v) is 5.92. The van der Waals surface area contributed by atoms with Gasteiger partial charge in [0, 0.05) is 0 Å². The molecule has 3 atom stereocenters. The maximum atomic E-state index is 14.9. The van der Waals surface area contributed by atoms with Gasteiger partial charge >= 0.3 is 0 Å². The number of allylic oxidation sites excluding steroid dienone is 2. The summed E-state index contributed by atoms with van der Waals surface area (Å²) < 4.78 is 14.9. The molecule has 0 radical (unpaired) electrons. The zero-order valence-corrected chi connectivity index (χ0v) is 15.4. The van der Waals surface area contributed by atoms with Crippen LogP contribution in [-0.4, -0.2) is 6.17 Å². The Labute approximate surface area is 143 Å². The Bertz CT molecular complexity index is 371. The highest BCUT2D eigenvalue weighted by Crippen LogP contribution is 2.47. The molecule has 0 amide bonds. The van der Waals surface area contributed by atoms with E-state index in [1.54, 1.807) is 0 Å². The highest BCUT2D eigenvalue weighted by Gasteiger charge is 2.39. The third-order valence-electron chi connectivity index (χ3n) is 7.48. The molecule has 3 fully saturated rings. The van der Waals surface area contributed by atoms with Crippen LogP contribution in [0, 0.1) is 35.5 Å². The van der Waals surface area contributed by atoms with Crippen LogP contribution in [0.25, 0.3) is 0 Å². The summed E-state index contributed by atoms with van der Waals surface area (Å²) in [5, 5.41) is 0. The number of rotatable bonds is 3. The zero-order chi connectivity index (χ0) is 16.2. The minimum absolute atomic E-state index is 0.389. The first kappa shape index (κ1) is 17.5. The molecule has 3 saturated carbocycles. The van der Waals surface area contributed by atoms with Gasteiger partial charge in [0.2, 0.25) is 0 Å². The summed E-state index contributed by atoms with van der Waals surface area (Å²) in [7, 11) is 0. The molecule has 23 heavy (non-hydrogen) atoms. The molecule has 3 rings (SSSR count). The van der Waals surface area contributed by atoms with Crippen LogP contribution in [0.2, 0.25) is 0 Å². The third kappa shape index (κ3) is 4.40. The van der Waals surface area contributed by atoms with E-state index in [0.29, 0.717) is 17.8 Å². The molecule has 0 saturated heterocycles. The van der Waals surface area contributed by atoms with Gasteiger partial charge in [-0.3, -0.25) is 0 Å². The monoisotopic (exact) mass is 320 g/mol. The van der Waals surface area contributed by atoms with Crippen molar-refractivity contribution >= 4 is 0 Å². The molecule has 0 bridgehead atoms. The van der Waals surface area contributed by atoms with E-state index in [1.165, 1.54) is 64.2 Å². The molecule has 3 aliphatic carbocycles. The lowest BCUT2D eigenvalue weighted by atomic mass is 9.64. The smallest absolute Gasteiger partial charge is 0.103 e. The predicted octanol–water partition coefficient (Wildman–Crippen LogP) is 6.95. The number of hydrogen-bond donors (Lipinski definition) is 0. The van der Waals surface area contributed by atoms with Crippen LogP contribution in [0.15, 0.2) is 12.2 Å². The fraction of sp³-hybridized carbons (Fsp3) is 0.909. The molecule has 0 spiro atoms. The molecule has 0 N–H and O–H groups in total. The Morgan fingerprint density at radius 2 is 1.35 bits per heavy atom. The first-order valence-corrected chi connectivity index (χ1v) is 10.4. The van der Waals surface area contributed by atoms with Crippen LogP contribution in [-0.2, 0) is 0 Å². The summed E-state index contributed by atoms with van der Waals surface area (Å²) in [4.78, 5) is 0. The van der Waals surface area contributed by atoms with E-state index < -0.39 is 6.17 Å². The largest absolute Gasteiger partial charge is 0.247 e. The second kappa shape index (κ2) is 8.17. The van der Waals surface area contributed by atoms with E-state index in [0.717, 1.165) is 24.2 Å². The van der Waals surface area contributed by atoms with Crippen molar-refractivity contribution in [3.8, 4) is 0 Å². The van der Waals surface area contributed by atoms with Crippen LogP contribution in [0.4, 0.5) is 4.39 Å². The van der Waals surface area contributed by atoms with Gasteiger partial charge in [-0.25, -0.2) is 4.39 Å². The van der Waals surface area contributed by atoms with Gasteiger partial charge in [-0.1, -0.05) is 31.9 Å². The quantitative estimate of drug-likeness (QED) is 0.493. The van der Waals surface area contributed by atoms with Crippen LogP contribution in [0.5, 0.6) is 0 Å². The second-order valence-corrected chi connectivity index (χ2v) is 8.97. The van der Waals surface area contributed by atoms with E-state index in [-0.39, 0.29) is 0 Å². The van der Waals surface area contributed by atoms with Crippen molar-refractivity contribution in [2.75, 3.05) is 0 Å². The van der Waals surface area contributed by atoms with Crippen LogP contribution < -0.4 is 0 Å². The van der Waals surface area contributed by atoms with Crippen LogP contribution >= 0.6 is 0 Å². The predicted molar refractivity (Wildman–Crippen MR) is 97.1 cm³/mol. The third-order valence-corrected chi connectivity index (χ3v) is 7.48. The molecule has 0 heterocycles.